The van der Waals surface area contributed by atoms with Crippen LogP contribution in [0.1, 0.15) is 35.5 Å². The third-order valence-corrected chi connectivity index (χ3v) is 3.64. The van der Waals surface area contributed by atoms with Crippen molar-refractivity contribution in [2.45, 2.75) is 32.9 Å². The van der Waals surface area contributed by atoms with Crippen LogP contribution in [0.5, 0.6) is 0 Å². The number of hydrogen-bond acceptors (Lipinski definition) is 4. The van der Waals surface area contributed by atoms with Gasteiger partial charge in [0.2, 0.25) is 0 Å². The molecular weight excluding hydrogens is 196 g/mol. The van der Waals surface area contributed by atoms with E-state index in [2.05, 4.69) is 17.2 Å². The Bertz CT molecular complexity index is 288. The van der Waals surface area contributed by atoms with Crippen molar-refractivity contribution in [3.63, 3.8) is 0 Å². The van der Waals surface area contributed by atoms with Crippen LogP contribution in [0, 0.1) is 0 Å². The summed E-state index contributed by atoms with van der Waals surface area (Å²) >= 11 is 1.78. The zero-order valence-corrected chi connectivity index (χ0v) is 9.49. The molecule has 1 unspecified atom stereocenters. The van der Waals surface area contributed by atoms with E-state index in [-0.39, 0.29) is 6.10 Å². The predicted octanol–water partition coefficient (Wildman–Crippen LogP) is 1.89. The first-order valence-electron chi connectivity index (χ1n) is 5.12. The van der Waals surface area contributed by atoms with Crippen molar-refractivity contribution >= 4 is 11.3 Å². The molecule has 1 atom stereocenters. The fraction of sp³-hybridized carbons (Fsp3) is 0.700. The highest BCUT2D eigenvalue weighted by molar-refractivity contribution is 7.11. The first-order valence-corrected chi connectivity index (χ1v) is 5.93. The molecule has 0 aliphatic carbocycles. The number of ether oxygens (including phenoxy) is 1. The standard InChI is InChI=1S/C10H16N2OS/c1-3-13-7(2)10-12-8-4-5-11-6-9(8)14-10/h7,11H,3-6H2,1-2H3. The van der Waals surface area contributed by atoms with Gasteiger partial charge in [0.1, 0.15) is 11.1 Å². The minimum absolute atomic E-state index is 0.149. The number of nitrogens with zero attached hydrogens (tertiary/aromatic N) is 1. The minimum Gasteiger partial charge on any atom is -0.372 e. The van der Waals surface area contributed by atoms with Gasteiger partial charge in [0.05, 0.1) is 5.69 Å². The van der Waals surface area contributed by atoms with Crippen LogP contribution in [0.25, 0.3) is 0 Å². The maximum absolute atomic E-state index is 5.53. The lowest BCUT2D eigenvalue weighted by Gasteiger charge is -2.09. The van der Waals surface area contributed by atoms with Crippen molar-refractivity contribution in [1.29, 1.82) is 0 Å². The number of aromatic nitrogens is 1. The highest BCUT2D eigenvalue weighted by atomic mass is 32.1. The van der Waals surface area contributed by atoms with E-state index in [1.165, 1.54) is 10.6 Å². The summed E-state index contributed by atoms with van der Waals surface area (Å²) in [6.45, 7) is 6.88. The van der Waals surface area contributed by atoms with Crippen molar-refractivity contribution in [2.24, 2.45) is 0 Å². The smallest absolute Gasteiger partial charge is 0.122 e. The molecule has 78 valence electrons. The Hall–Kier alpha value is -0.450. The maximum Gasteiger partial charge on any atom is 0.122 e. The molecule has 1 aromatic rings. The lowest BCUT2D eigenvalue weighted by atomic mass is 10.2. The number of rotatable bonds is 3. The van der Waals surface area contributed by atoms with Crippen LogP contribution in [0.2, 0.25) is 0 Å². The summed E-state index contributed by atoms with van der Waals surface area (Å²) in [5.74, 6) is 0. The molecule has 1 N–H and O–H groups in total. The molecule has 1 aliphatic heterocycles. The van der Waals surface area contributed by atoms with Gasteiger partial charge >= 0.3 is 0 Å². The molecule has 0 spiro atoms. The first kappa shape index (κ1) is 10.1. The van der Waals surface area contributed by atoms with Crippen molar-refractivity contribution < 1.29 is 4.74 Å². The van der Waals surface area contributed by atoms with Crippen LogP contribution in [0.3, 0.4) is 0 Å². The van der Waals surface area contributed by atoms with E-state index in [0.717, 1.165) is 31.1 Å². The van der Waals surface area contributed by atoms with Crippen LogP contribution < -0.4 is 5.32 Å². The molecular formula is C10H16N2OS. The van der Waals surface area contributed by atoms with Gasteiger partial charge in [-0.2, -0.15) is 0 Å². The van der Waals surface area contributed by atoms with Crippen LogP contribution in [-0.2, 0) is 17.7 Å². The topological polar surface area (TPSA) is 34.1 Å². The number of hydrogen-bond donors (Lipinski definition) is 1. The van der Waals surface area contributed by atoms with Gasteiger partial charge in [-0.25, -0.2) is 4.98 Å². The molecule has 0 radical (unpaired) electrons. The molecule has 3 nitrogen and oxygen atoms in total. The fourth-order valence-electron chi connectivity index (χ4n) is 1.64. The van der Waals surface area contributed by atoms with Crippen molar-refractivity contribution in [2.75, 3.05) is 13.2 Å². The predicted molar refractivity (Wildman–Crippen MR) is 57.6 cm³/mol. The van der Waals surface area contributed by atoms with Crippen molar-refractivity contribution in [3.05, 3.63) is 15.6 Å². The average Bonchev–Trinajstić information content (AvgIpc) is 2.61. The van der Waals surface area contributed by atoms with Gasteiger partial charge in [-0.15, -0.1) is 11.3 Å². The van der Waals surface area contributed by atoms with Crippen molar-refractivity contribution in [3.8, 4) is 0 Å². The molecule has 1 aliphatic rings. The summed E-state index contributed by atoms with van der Waals surface area (Å²) in [7, 11) is 0. The average molecular weight is 212 g/mol. The SMILES string of the molecule is CCOC(C)c1nc2c(s1)CNCC2. The molecule has 2 heterocycles. The second-order valence-corrected chi connectivity index (χ2v) is 4.56. The van der Waals surface area contributed by atoms with Crippen LogP contribution >= 0.6 is 11.3 Å². The summed E-state index contributed by atoms with van der Waals surface area (Å²) in [5.41, 5.74) is 1.27. The molecule has 0 saturated heterocycles. The summed E-state index contributed by atoms with van der Waals surface area (Å²) < 4.78 is 5.53. The first-order chi connectivity index (χ1) is 6.81. The van der Waals surface area contributed by atoms with Crippen LogP contribution in [0.4, 0.5) is 0 Å². The molecule has 14 heavy (non-hydrogen) atoms. The monoisotopic (exact) mass is 212 g/mol. The Morgan fingerprint density at radius 3 is 3.21 bits per heavy atom. The largest absolute Gasteiger partial charge is 0.372 e. The second-order valence-electron chi connectivity index (χ2n) is 3.45. The second kappa shape index (κ2) is 4.38. The Kier molecular flexibility index (Phi) is 3.15. The zero-order valence-electron chi connectivity index (χ0n) is 8.67. The van der Waals surface area contributed by atoms with E-state index in [1.807, 2.05) is 6.92 Å². The third-order valence-electron chi connectivity index (χ3n) is 2.38. The lowest BCUT2D eigenvalue weighted by Crippen LogP contribution is -2.22. The van der Waals surface area contributed by atoms with Crippen LogP contribution in [0.15, 0.2) is 0 Å². The molecule has 1 aromatic heterocycles. The van der Waals surface area contributed by atoms with Gasteiger partial charge < -0.3 is 10.1 Å². The molecule has 0 saturated carbocycles. The Morgan fingerprint density at radius 2 is 2.50 bits per heavy atom. The number of fused-ring (bicyclic) bond motifs is 1. The molecule has 0 bridgehead atoms. The van der Waals surface area contributed by atoms with Gasteiger partial charge in [-0.05, 0) is 13.8 Å². The highest BCUT2D eigenvalue weighted by Gasteiger charge is 2.17. The highest BCUT2D eigenvalue weighted by Crippen LogP contribution is 2.27. The molecule has 0 amide bonds. The molecule has 2 rings (SSSR count). The van der Waals surface area contributed by atoms with E-state index in [0.29, 0.717) is 0 Å². The van der Waals surface area contributed by atoms with E-state index in [1.54, 1.807) is 11.3 Å². The summed E-state index contributed by atoms with van der Waals surface area (Å²) in [6, 6.07) is 0. The van der Waals surface area contributed by atoms with Gasteiger partial charge in [-0.1, -0.05) is 0 Å². The van der Waals surface area contributed by atoms with Crippen LogP contribution in [-0.4, -0.2) is 18.1 Å². The van der Waals surface area contributed by atoms with E-state index >= 15 is 0 Å². The summed E-state index contributed by atoms with van der Waals surface area (Å²) in [4.78, 5) is 6.01. The molecule has 0 aromatic carbocycles. The van der Waals surface area contributed by atoms with Gasteiger partial charge in [0.25, 0.3) is 0 Å². The van der Waals surface area contributed by atoms with E-state index in [9.17, 15) is 0 Å². The quantitative estimate of drug-likeness (QED) is 0.830. The Morgan fingerprint density at radius 1 is 1.64 bits per heavy atom. The fourth-order valence-corrected chi connectivity index (χ4v) is 2.72. The van der Waals surface area contributed by atoms with E-state index < -0.39 is 0 Å². The molecule has 0 fully saturated rings. The van der Waals surface area contributed by atoms with Gasteiger partial charge in [0, 0.05) is 31.0 Å². The number of nitrogens with one attached hydrogen (secondary N) is 1. The number of thiazole rings is 1. The normalized spacial score (nSPS) is 17.9. The Labute approximate surface area is 88.5 Å². The van der Waals surface area contributed by atoms with E-state index in [4.69, 9.17) is 4.74 Å². The minimum atomic E-state index is 0.149. The van der Waals surface area contributed by atoms with Crippen molar-refractivity contribution in [1.82, 2.24) is 10.3 Å². The third kappa shape index (κ3) is 1.97. The summed E-state index contributed by atoms with van der Waals surface area (Å²) in [6.07, 6.45) is 1.21. The van der Waals surface area contributed by atoms with Gasteiger partial charge in [0.15, 0.2) is 0 Å². The summed E-state index contributed by atoms with van der Waals surface area (Å²) in [5, 5.41) is 4.48. The lowest BCUT2D eigenvalue weighted by molar-refractivity contribution is 0.0761. The zero-order chi connectivity index (χ0) is 9.97. The van der Waals surface area contributed by atoms with Gasteiger partial charge in [-0.3, -0.25) is 0 Å². The maximum atomic E-state index is 5.53. The molecule has 4 heteroatoms. The Balaban J connectivity index is 2.15.